The third kappa shape index (κ3) is 5.20. The number of ether oxygens (including phenoxy) is 1. The van der Waals surface area contributed by atoms with E-state index in [1.807, 2.05) is 12.1 Å². The summed E-state index contributed by atoms with van der Waals surface area (Å²) in [6.45, 7) is 12.3. The highest BCUT2D eigenvalue weighted by atomic mass is 28.4. The molecule has 172 valence electrons. The lowest BCUT2D eigenvalue weighted by Crippen LogP contribution is -2.66. The Morgan fingerprint density at radius 2 is 1.42 bits per heavy atom. The van der Waals surface area contributed by atoms with E-state index in [1.165, 1.54) is 15.9 Å². The Morgan fingerprint density at radius 1 is 0.909 bits per heavy atom. The van der Waals surface area contributed by atoms with Crippen LogP contribution in [0.3, 0.4) is 0 Å². The molecule has 0 unspecified atom stereocenters. The Balaban J connectivity index is 1.51. The smallest absolute Gasteiger partial charge is 0.261 e. The number of benzene rings is 3. The maximum Gasteiger partial charge on any atom is 0.261 e. The fourth-order valence-corrected chi connectivity index (χ4v) is 9.31. The molecule has 0 aromatic heterocycles. The number of rotatable bonds is 10. The third-order valence-electron chi connectivity index (χ3n) is 6.50. The van der Waals surface area contributed by atoms with E-state index in [0.29, 0.717) is 6.61 Å². The third-order valence-corrected chi connectivity index (χ3v) is 11.5. The van der Waals surface area contributed by atoms with E-state index in [2.05, 4.69) is 118 Å². The van der Waals surface area contributed by atoms with Crippen LogP contribution in [0.5, 0.6) is 0 Å². The summed E-state index contributed by atoms with van der Waals surface area (Å²) in [7, 11) is -2.54. The molecule has 0 spiro atoms. The van der Waals surface area contributed by atoms with Crippen LogP contribution in [0.15, 0.2) is 104 Å². The quantitative estimate of drug-likeness (QED) is 0.273. The van der Waals surface area contributed by atoms with Crippen molar-refractivity contribution in [3.05, 3.63) is 109 Å². The first-order chi connectivity index (χ1) is 16.0. The standard InChI is InChI=1S/C29H35NO2Si/c1-5-26(30-21-23-15-9-6-10-16-23)28-27(32-28)22-31-33(29(2,3)4,24-17-11-7-12-18-24)25-19-13-8-14-20-25/h5-20,26-28,30H,1,21-22H2,2-4H3/t26-,27+,28+/m1/s1. The minimum absolute atomic E-state index is 0.0382. The fraction of sp³-hybridized carbons (Fsp3) is 0.310. The van der Waals surface area contributed by atoms with Crippen molar-refractivity contribution in [2.75, 3.05) is 6.61 Å². The topological polar surface area (TPSA) is 33.8 Å². The first kappa shape index (κ1) is 23.6. The monoisotopic (exact) mass is 457 g/mol. The SMILES string of the molecule is C=C[C@@H](NCc1ccccc1)[C@@H]1O[C@H]1CO[Si](c1ccccc1)(c1ccccc1)C(C)(C)C. The highest BCUT2D eigenvalue weighted by Crippen LogP contribution is 2.38. The Hall–Kier alpha value is -2.50. The van der Waals surface area contributed by atoms with Gasteiger partial charge in [0.25, 0.3) is 8.32 Å². The maximum absolute atomic E-state index is 7.03. The van der Waals surface area contributed by atoms with Gasteiger partial charge >= 0.3 is 0 Å². The molecule has 4 heteroatoms. The predicted molar refractivity (Wildman–Crippen MR) is 140 cm³/mol. The molecule has 3 nitrogen and oxygen atoms in total. The highest BCUT2D eigenvalue weighted by Gasteiger charge is 2.52. The minimum Gasteiger partial charge on any atom is -0.405 e. The molecule has 3 aromatic carbocycles. The average Bonchev–Trinajstić information content (AvgIpc) is 3.60. The van der Waals surface area contributed by atoms with Gasteiger partial charge in [-0.2, -0.15) is 0 Å². The summed E-state index contributed by atoms with van der Waals surface area (Å²) >= 11 is 0. The van der Waals surface area contributed by atoms with Crippen molar-refractivity contribution in [1.82, 2.24) is 5.32 Å². The molecule has 0 amide bonds. The van der Waals surface area contributed by atoms with Gasteiger partial charge in [0, 0.05) is 6.54 Å². The van der Waals surface area contributed by atoms with Gasteiger partial charge in [-0.25, -0.2) is 0 Å². The normalized spacial score (nSPS) is 19.1. The molecule has 0 saturated carbocycles. The Morgan fingerprint density at radius 3 is 1.91 bits per heavy atom. The molecule has 4 rings (SSSR count). The van der Waals surface area contributed by atoms with Crippen LogP contribution in [0.25, 0.3) is 0 Å². The highest BCUT2D eigenvalue weighted by molar-refractivity contribution is 6.99. The number of hydrogen-bond acceptors (Lipinski definition) is 3. The molecule has 1 heterocycles. The van der Waals surface area contributed by atoms with Crippen molar-refractivity contribution in [3.63, 3.8) is 0 Å². The van der Waals surface area contributed by atoms with Crippen LogP contribution in [0.1, 0.15) is 26.3 Å². The van der Waals surface area contributed by atoms with E-state index in [1.54, 1.807) is 0 Å². The van der Waals surface area contributed by atoms with Gasteiger partial charge in [0.15, 0.2) is 0 Å². The Labute approximate surface area is 199 Å². The molecule has 1 N–H and O–H groups in total. The van der Waals surface area contributed by atoms with Crippen LogP contribution < -0.4 is 15.7 Å². The molecule has 1 aliphatic heterocycles. The maximum atomic E-state index is 7.03. The van der Waals surface area contributed by atoms with Gasteiger partial charge in [-0.1, -0.05) is 118 Å². The lowest BCUT2D eigenvalue weighted by atomic mass is 10.1. The summed E-state index contributed by atoms with van der Waals surface area (Å²) in [6.07, 6.45) is 2.11. The zero-order chi connectivity index (χ0) is 23.3. The van der Waals surface area contributed by atoms with E-state index in [0.717, 1.165) is 6.54 Å². The molecule has 33 heavy (non-hydrogen) atoms. The molecule has 1 fully saturated rings. The first-order valence-electron chi connectivity index (χ1n) is 11.8. The van der Waals surface area contributed by atoms with Crippen LogP contribution in [0, 0.1) is 0 Å². The summed E-state index contributed by atoms with van der Waals surface area (Å²) in [5, 5.41) is 6.13. The summed E-state index contributed by atoms with van der Waals surface area (Å²) in [6, 6.07) is 32.0. The van der Waals surface area contributed by atoms with Crippen molar-refractivity contribution in [2.45, 2.75) is 50.6 Å². The fourth-order valence-electron chi connectivity index (χ4n) is 4.74. The molecule has 3 atom stereocenters. The molecule has 0 bridgehead atoms. The number of epoxide rings is 1. The summed E-state index contributed by atoms with van der Waals surface area (Å²) in [4.78, 5) is 0. The molecular formula is C29H35NO2Si. The first-order valence-corrected chi connectivity index (χ1v) is 13.7. The van der Waals surface area contributed by atoms with Crippen molar-refractivity contribution in [1.29, 1.82) is 0 Å². The van der Waals surface area contributed by atoms with Crippen molar-refractivity contribution in [2.24, 2.45) is 0 Å². The van der Waals surface area contributed by atoms with Gasteiger partial charge in [-0.15, -0.1) is 6.58 Å². The molecule has 0 radical (unpaired) electrons. The van der Waals surface area contributed by atoms with E-state index < -0.39 is 8.32 Å². The van der Waals surface area contributed by atoms with E-state index in [4.69, 9.17) is 9.16 Å². The van der Waals surface area contributed by atoms with Crippen LogP contribution in [-0.4, -0.2) is 33.2 Å². The summed E-state index contributed by atoms with van der Waals surface area (Å²) < 4.78 is 13.1. The van der Waals surface area contributed by atoms with Crippen LogP contribution in [0.4, 0.5) is 0 Å². The van der Waals surface area contributed by atoms with Gasteiger partial charge in [0.1, 0.15) is 12.2 Å². The van der Waals surface area contributed by atoms with E-state index in [-0.39, 0.29) is 23.3 Å². The molecular weight excluding hydrogens is 422 g/mol. The van der Waals surface area contributed by atoms with E-state index >= 15 is 0 Å². The van der Waals surface area contributed by atoms with E-state index in [9.17, 15) is 0 Å². The molecule has 3 aromatic rings. The number of hydrogen-bond donors (Lipinski definition) is 1. The van der Waals surface area contributed by atoms with Crippen LogP contribution >= 0.6 is 0 Å². The Kier molecular flexibility index (Phi) is 7.30. The second kappa shape index (κ2) is 10.2. The molecule has 1 saturated heterocycles. The number of nitrogens with one attached hydrogen (secondary N) is 1. The average molecular weight is 458 g/mol. The van der Waals surface area contributed by atoms with Gasteiger partial charge in [0.2, 0.25) is 0 Å². The van der Waals surface area contributed by atoms with Crippen LogP contribution in [0.2, 0.25) is 5.04 Å². The van der Waals surface area contributed by atoms with Crippen molar-refractivity contribution >= 4 is 18.7 Å². The zero-order valence-electron chi connectivity index (χ0n) is 19.9. The summed E-state index contributed by atoms with van der Waals surface area (Å²) in [5.74, 6) is 0. The lowest BCUT2D eigenvalue weighted by Gasteiger charge is -2.43. The largest absolute Gasteiger partial charge is 0.405 e. The van der Waals surface area contributed by atoms with Gasteiger partial charge in [-0.05, 0) is 21.0 Å². The van der Waals surface area contributed by atoms with Gasteiger partial charge < -0.3 is 14.5 Å². The van der Waals surface area contributed by atoms with Gasteiger partial charge in [0.05, 0.1) is 12.6 Å². The second-order valence-electron chi connectivity index (χ2n) is 9.74. The zero-order valence-corrected chi connectivity index (χ0v) is 20.9. The minimum atomic E-state index is -2.54. The lowest BCUT2D eigenvalue weighted by molar-refractivity contribution is 0.246. The van der Waals surface area contributed by atoms with Crippen LogP contribution in [-0.2, 0) is 15.7 Å². The predicted octanol–water partition coefficient (Wildman–Crippen LogP) is 4.67. The Bertz CT molecular complexity index is 978. The van der Waals surface area contributed by atoms with Crippen molar-refractivity contribution < 1.29 is 9.16 Å². The summed E-state index contributed by atoms with van der Waals surface area (Å²) in [5.41, 5.74) is 1.25. The second-order valence-corrected chi connectivity index (χ2v) is 14.0. The van der Waals surface area contributed by atoms with Gasteiger partial charge in [-0.3, -0.25) is 0 Å². The van der Waals surface area contributed by atoms with Crippen molar-refractivity contribution in [3.8, 4) is 0 Å². The molecule has 0 aliphatic carbocycles. The molecule has 1 aliphatic rings.